The summed E-state index contributed by atoms with van der Waals surface area (Å²) in [6, 6.07) is 13.5. The molecule has 6 nitrogen and oxygen atoms in total. The van der Waals surface area contributed by atoms with Crippen LogP contribution >= 0.6 is 0 Å². The lowest BCUT2D eigenvalue weighted by Gasteiger charge is -2.10. The van der Waals surface area contributed by atoms with Crippen molar-refractivity contribution in [2.24, 2.45) is 5.73 Å². The highest BCUT2D eigenvalue weighted by molar-refractivity contribution is 7.86. The van der Waals surface area contributed by atoms with Crippen LogP contribution in [0.5, 0.6) is 0 Å². The second-order valence-corrected chi connectivity index (χ2v) is 6.79. The van der Waals surface area contributed by atoms with Crippen molar-refractivity contribution in [2.75, 3.05) is 0 Å². The molecule has 3 rings (SSSR count). The minimum absolute atomic E-state index is 0.143. The van der Waals surface area contributed by atoms with Gasteiger partial charge in [0.25, 0.3) is 0 Å². The number of nitrogens with two attached hydrogens (primary N) is 1. The number of hydrogen-bond donors (Lipinski definition) is 1. The predicted molar refractivity (Wildman–Crippen MR) is 96.0 cm³/mol. The lowest BCUT2D eigenvalue weighted by molar-refractivity contribution is -0.123. The zero-order valence-electron chi connectivity index (χ0n) is 16.9. The Balaban J connectivity index is 1.91. The largest absolute Gasteiger partial charge is 0.460 e. The normalized spacial score (nSPS) is 22.3. The summed E-state index contributed by atoms with van der Waals surface area (Å²) in [6.07, 6.45) is -1.57. The van der Waals surface area contributed by atoms with Crippen LogP contribution in [-0.2, 0) is 36.0 Å². The van der Waals surface area contributed by atoms with E-state index >= 15 is 0 Å². The van der Waals surface area contributed by atoms with Crippen molar-refractivity contribution in [3.63, 3.8) is 0 Å². The summed E-state index contributed by atoms with van der Waals surface area (Å²) < 4.78 is 59.4. The molecule has 26 heavy (non-hydrogen) atoms. The summed E-state index contributed by atoms with van der Waals surface area (Å²) in [5, 5.41) is 0. The van der Waals surface area contributed by atoms with Crippen molar-refractivity contribution in [1.29, 1.82) is 0 Å². The molecule has 0 bridgehead atoms. The van der Waals surface area contributed by atoms with E-state index in [2.05, 4.69) is 0 Å². The predicted octanol–water partition coefficient (Wildman–Crippen LogP) is 2.56. The van der Waals surface area contributed by atoms with Gasteiger partial charge in [-0.1, -0.05) is 61.5 Å². The van der Waals surface area contributed by atoms with E-state index in [9.17, 15) is 13.2 Å². The van der Waals surface area contributed by atoms with Crippen LogP contribution in [0.4, 0.5) is 0 Å². The van der Waals surface area contributed by atoms with E-state index in [1.807, 2.05) is 6.92 Å². The van der Waals surface area contributed by atoms with Gasteiger partial charge in [0.15, 0.2) is 6.08 Å². The Bertz CT molecular complexity index is 1070. The monoisotopic (exact) mass is 376 g/mol. The van der Waals surface area contributed by atoms with E-state index < -0.39 is 39.3 Å². The molecule has 0 unspecified atom stereocenters. The Morgan fingerprint density at radius 2 is 1.81 bits per heavy atom. The maximum absolute atomic E-state index is 12.8. The molecule has 0 aromatic heterocycles. The molecule has 2 aromatic carbocycles. The molecule has 1 atom stereocenters. The van der Waals surface area contributed by atoms with Gasteiger partial charge in [-0.3, -0.25) is 4.79 Å². The molecule has 7 heteroatoms. The Hall–Kier alpha value is -2.80. The molecule has 2 aromatic rings. The van der Waals surface area contributed by atoms with Gasteiger partial charge in [-0.05, 0) is 17.5 Å². The summed E-state index contributed by atoms with van der Waals surface area (Å²) in [5.41, 5.74) is 3.60. The first-order chi connectivity index (χ1) is 13.5. The highest BCUT2D eigenvalue weighted by Gasteiger charge is 2.39. The van der Waals surface area contributed by atoms with Crippen LogP contribution < -0.4 is 5.73 Å². The molecule has 2 N–H and O–H groups in total. The molecule has 0 radical (unpaired) electrons. The fourth-order valence-corrected chi connectivity index (χ4v) is 3.20. The molecule has 136 valence electrons. The van der Waals surface area contributed by atoms with Crippen LogP contribution in [0, 0.1) is 0 Å². The standard InChI is InChI=1S/C19H19NO5S/c1-2-13-8-10-15(11-9-13)17-16(21)18(19(20)24-17)25-26(22,23)12-14-6-4-3-5-7-14/h3-11,17H,2,12,20H2,1H3/t17-/m0/s1/i12D2,17D. The van der Waals surface area contributed by atoms with Crippen LogP contribution in [0.2, 0.25) is 0 Å². The second-order valence-electron chi connectivity index (χ2n) is 5.51. The molecule has 0 saturated heterocycles. The minimum atomic E-state index is -4.99. The third-order valence-electron chi connectivity index (χ3n) is 3.68. The molecule has 0 saturated carbocycles. The van der Waals surface area contributed by atoms with Crippen molar-refractivity contribution in [2.45, 2.75) is 25.1 Å². The van der Waals surface area contributed by atoms with E-state index in [1.54, 1.807) is 18.2 Å². The molecule has 1 aliphatic rings. The maximum atomic E-state index is 12.8. The van der Waals surface area contributed by atoms with Gasteiger partial charge in [-0.25, -0.2) is 0 Å². The number of ether oxygens (including phenoxy) is 1. The van der Waals surface area contributed by atoms with E-state index in [4.69, 9.17) is 18.8 Å². The Kier molecular flexibility index (Phi) is 3.99. The number of aryl methyl sites for hydroxylation is 1. The first kappa shape index (κ1) is 14.4. The Morgan fingerprint density at radius 3 is 2.42 bits per heavy atom. The SMILES string of the molecule is [2H]C([2H])(c1ccccc1)S(=O)(=O)OC1=C(N)O[C@@]([2H])(c2ccc(CC)cc2)C1=O. The van der Waals surface area contributed by atoms with Crippen molar-refractivity contribution in [3.05, 3.63) is 82.9 Å². The van der Waals surface area contributed by atoms with Crippen LogP contribution in [0.25, 0.3) is 0 Å². The summed E-state index contributed by atoms with van der Waals surface area (Å²) in [5.74, 6) is -2.75. The molecule has 1 aliphatic heterocycles. The number of benzene rings is 2. The molecule has 0 fully saturated rings. The Morgan fingerprint density at radius 1 is 1.15 bits per heavy atom. The molecule has 1 heterocycles. The van der Waals surface area contributed by atoms with Crippen LogP contribution in [0.1, 0.15) is 33.8 Å². The summed E-state index contributed by atoms with van der Waals surface area (Å²) in [4.78, 5) is 12.8. The maximum Gasteiger partial charge on any atom is 0.313 e. The van der Waals surface area contributed by atoms with E-state index in [0.717, 1.165) is 12.0 Å². The Labute approximate surface area is 156 Å². The quantitative estimate of drug-likeness (QED) is 0.779. The first-order valence-electron chi connectivity index (χ1n) is 9.35. The van der Waals surface area contributed by atoms with Crippen molar-refractivity contribution < 1.29 is 26.2 Å². The van der Waals surface area contributed by atoms with Gasteiger partial charge in [0.2, 0.25) is 17.4 Å². The van der Waals surface area contributed by atoms with Gasteiger partial charge in [0.05, 0.1) is 4.11 Å². The lowest BCUT2D eigenvalue weighted by atomic mass is 10.0. The summed E-state index contributed by atoms with van der Waals surface area (Å²) in [6.45, 7) is 1.94. The number of carbonyl (C=O) groups is 1. The first-order valence-corrected chi connectivity index (χ1v) is 9.26. The van der Waals surface area contributed by atoms with E-state index in [0.29, 0.717) is 0 Å². The zero-order valence-corrected chi connectivity index (χ0v) is 14.7. The number of hydrogen-bond acceptors (Lipinski definition) is 6. The highest BCUT2D eigenvalue weighted by Crippen LogP contribution is 2.32. The smallest absolute Gasteiger partial charge is 0.313 e. The second kappa shape index (κ2) is 7.21. The average molecular weight is 376 g/mol. The summed E-state index contributed by atoms with van der Waals surface area (Å²) in [7, 11) is -4.99. The van der Waals surface area contributed by atoms with Crippen molar-refractivity contribution >= 4 is 15.9 Å². The van der Waals surface area contributed by atoms with Crippen LogP contribution in [0.15, 0.2) is 66.2 Å². The third-order valence-corrected chi connectivity index (χ3v) is 4.55. The van der Waals surface area contributed by atoms with E-state index in [-0.39, 0.29) is 11.1 Å². The molecule has 0 spiro atoms. The van der Waals surface area contributed by atoms with Gasteiger partial charge in [0.1, 0.15) is 5.70 Å². The fourth-order valence-electron chi connectivity index (χ4n) is 2.36. The van der Waals surface area contributed by atoms with Gasteiger partial charge in [-0.15, -0.1) is 0 Å². The number of Topliss-reactive ketones (excluding diaryl/α,β-unsaturated/α-hetero) is 1. The van der Waals surface area contributed by atoms with Gasteiger partial charge >= 0.3 is 10.1 Å². The number of ketones is 1. The molecular formula is C19H19NO5S. The lowest BCUT2D eigenvalue weighted by Crippen LogP contribution is -2.16. The number of carbonyl (C=O) groups excluding carboxylic acids is 1. The van der Waals surface area contributed by atoms with Gasteiger partial charge in [0, 0.05) is 5.56 Å². The van der Waals surface area contributed by atoms with Crippen molar-refractivity contribution in [3.8, 4) is 0 Å². The summed E-state index contributed by atoms with van der Waals surface area (Å²) >= 11 is 0. The minimum Gasteiger partial charge on any atom is -0.460 e. The fraction of sp³-hybridized carbons (Fsp3) is 0.211. The molecular weight excluding hydrogens is 354 g/mol. The average Bonchev–Trinajstić information content (AvgIpc) is 2.92. The van der Waals surface area contributed by atoms with Crippen LogP contribution in [-0.4, -0.2) is 14.2 Å². The highest BCUT2D eigenvalue weighted by atomic mass is 32.2. The zero-order chi connectivity index (χ0) is 21.4. The van der Waals surface area contributed by atoms with Gasteiger partial charge < -0.3 is 14.7 Å². The molecule has 0 aliphatic carbocycles. The number of rotatable bonds is 6. The van der Waals surface area contributed by atoms with Crippen molar-refractivity contribution in [1.82, 2.24) is 0 Å². The van der Waals surface area contributed by atoms with Gasteiger partial charge in [-0.2, -0.15) is 8.42 Å². The molecule has 0 amide bonds. The topological polar surface area (TPSA) is 95.7 Å². The third kappa shape index (κ3) is 3.88. The van der Waals surface area contributed by atoms with E-state index in [1.165, 1.54) is 36.4 Å². The van der Waals surface area contributed by atoms with Crippen LogP contribution in [0.3, 0.4) is 0 Å².